The van der Waals surface area contributed by atoms with E-state index >= 15 is 0 Å². The second-order valence-corrected chi connectivity index (χ2v) is 3.43. The third-order valence-corrected chi connectivity index (χ3v) is 2.25. The average Bonchev–Trinajstić information content (AvgIpc) is 2.76. The number of nitrogens with two attached hydrogens (primary N) is 1. The zero-order valence-corrected chi connectivity index (χ0v) is 8.59. The Balaban J connectivity index is 2.43. The van der Waals surface area contributed by atoms with E-state index in [1.807, 2.05) is 0 Å². The van der Waals surface area contributed by atoms with Gasteiger partial charge in [0.05, 0.1) is 17.6 Å². The third-order valence-electron chi connectivity index (χ3n) is 2.25. The summed E-state index contributed by atoms with van der Waals surface area (Å²) < 4.78 is 38.6. The first-order valence-electron chi connectivity index (χ1n) is 4.78. The number of benzene rings is 1. The summed E-state index contributed by atoms with van der Waals surface area (Å²) in [7, 11) is 0. The minimum Gasteiger partial charge on any atom is -0.315 e. The van der Waals surface area contributed by atoms with Gasteiger partial charge in [-0.2, -0.15) is 13.2 Å². The molecular formula is C10H9F3N4. The molecule has 0 amide bonds. The summed E-state index contributed by atoms with van der Waals surface area (Å²) in [6, 6.07) is 6.30. The van der Waals surface area contributed by atoms with Crippen LogP contribution in [0.2, 0.25) is 0 Å². The lowest BCUT2D eigenvalue weighted by atomic mass is 10.2. The van der Waals surface area contributed by atoms with Gasteiger partial charge < -0.3 is 5.73 Å². The lowest BCUT2D eigenvalue weighted by Gasteiger charge is -2.16. The Kier molecular flexibility index (Phi) is 2.84. The Hall–Kier alpha value is -1.89. The van der Waals surface area contributed by atoms with Crippen LogP contribution in [-0.2, 0) is 0 Å². The van der Waals surface area contributed by atoms with Gasteiger partial charge in [-0.05, 0) is 12.1 Å². The van der Waals surface area contributed by atoms with Crippen molar-refractivity contribution in [3.63, 3.8) is 0 Å². The van der Waals surface area contributed by atoms with Crippen molar-refractivity contribution < 1.29 is 13.2 Å². The van der Waals surface area contributed by atoms with E-state index in [1.54, 1.807) is 30.3 Å². The molecule has 0 aliphatic carbocycles. The maximum atomic E-state index is 12.5. The highest BCUT2D eigenvalue weighted by atomic mass is 19.4. The summed E-state index contributed by atoms with van der Waals surface area (Å²) in [5.41, 5.74) is 5.42. The molecule has 2 N–H and O–H groups in total. The van der Waals surface area contributed by atoms with Gasteiger partial charge in [-0.25, -0.2) is 4.68 Å². The van der Waals surface area contributed by atoms with Crippen molar-refractivity contribution in [2.45, 2.75) is 12.2 Å². The first-order valence-corrected chi connectivity index (χ1v) is 4.78. The van der Waals surface area contributed by atoms with Crippen molar-refractivity contribution in [2.24, 2.45) is 5.73 Å². The highest BCUT2D eigenvalue weighted by Gasteiger charge is 2.40. The van der Waals surface area contributed by atoms with E-state index in [0.717, 1.165) is 10.9 Å². The first kappa shape index (κ1) is 11.6. The van der Waals surface area contributed by atoms with E-state index in [9.17, 15) is 13.2 Å². The van der Waals surface area contributed by atoms with E-state index in [4.69, 9.17) is 5.73 Å². The van der Waals surface area contributed by atoms with E-state index in [2.05, 4.69) is 10.3 Å². The Bertz CT molecular complexity index is 492. The lowest BCUT2D eigenvalue weighted by Crippen LogP contribution is -2.30. The Morgan fingerprint density at radius 2 is 1.82 bits per heavy atom. The molecule has 4 nitrogen and oxygen atoms in total. The SMILES string of the molecule is NC(c1cnnn1-c1ccccc1)C(F)(F)F. The molecule has 0 saturated heterocycles. The minimum absolute atomic E-state index is 0.191. The number of aromatic nitrogens is 3. The van der Waals surface area contributed by atoms with Gasteiger partial charge in [0.2, 0.25) is 0 Å². The molecule has 7 heteroatoms. The quantitative estimate of drug-likeness (QED) is 0.874. The van der Waals surface area contributed by atoms with Gasteiger partial charge in [0.25, 0.3) is 0 Å². The minimum atomic E-state index is -4.52. The lowest BCUT2D eigenvalue weighted by molar-refractivity contribution is -0.150. The van der Waals surface area contributed by atoms with Crippen molar-refractivity contribution in [3.05, 3.63) is 42.2 Å². The zero-order chi connectivity index (χ0) is 12.5. The first-order chi connectivity index (χ1) is 8.00. The van der Waals surface area contributed by atoms with E-state index < -0.39 is 12.2 Å². The van der Waals surface area contributed by atoms with Crippen molar-refractivity contribution >= 4 is 0 Å². The summed E-state index contributed by atoms with van der Waals surface area (Å²) in [6.45, 7) is 0. The molecule has 2 rings (SSSR count). The fourth-order valence-electron chi connectivity index (χ4n) is 1.39. The van der Waals surface area contributed by atoms with Gasteiger partial charge in [0.15, 0.2) is 0 Å². The number of para-hydroxylation sites is 1. The number of halogens is 3. The monoisotopic (exact) mass is 242 g/mol. The summed E-state index contributed by atoms with van der Waals surface area (Å²) in [6.07, 6.45) is -3.50. The molecule has 2 aromatic rings. The van der Waals surface area contributed by atoms with Crippen LogP contribution in [0.15, 0.2) is 36.5 Å². The molecule has 0 radical (unpaired) electrons. The number of hydrogen-bond donors (Lipinski definition) is 1. The van der Waals surface area contributed by atoms with Crippen LogP contribution in [0.3, 0.4) is 0 Å². The van der Waals surface area contributed by atoms with E-state index in [0.29, 0.717) is 5.69 Å². The number of rotatable bonds is 2. The van der Waals surface area contributed by atoms with Crippen LogP contribution in [-0.4, -0.2) is 21.2 Å². The van der Waals surface area contributed by atoms with Gasteiger partial charge in [-0.1, -0.05) is 23.4 Å². The molecule has 1 aromatic heterocycles. The van der Waals surface area contributed by atoms with Crippen molar-refractivity contribution in [3.8, 4) is 5.69 Å². The summed E-state index contributed by atoms with van der Waals surface area (Å²) in [5, 5.41) is 7.07. The van der Waals surface area contributed by atoms with Crippen molar-refractivity contribution in [2.75, 3.05) is 0 Å². The second kappa shape index (κ2) is 4.17. The van der Waals surface area contributed by atoms with Gasteiger partial charge in [-0.3, -0.25) is 0 Å². The fourth-order valence-corrected chi connectivity index (χ4v) is 1.39. The maximum absolute atomic E-state index is 12.5. The number of hydrogen-bond acceptors (Lipinski definition) is 3. The van der Waals surface area contributed by atoms with Crippen molar-refractivity contribution in [1.82, 2.24) is 15.0 Å². The van der Waals surface area contributed by atoms with Crippen LogP contribution in [0.5, 0.6) is 0 Å². The number of alkyl halides is 3. The van der Waals surface area contributed by atoms with Gasteiger partial charge in [0, 0.05) is 0 Å². The van der Waals surface area contributed by atoms with Crippen LogP contribution < -0.4 is 5.73 Å². The fraction of sp³-hybridized carbons (Fsp3) is 0.200. The zero-order valence-electron chi connectivity index (χ0n) is 8.59. The molecule has 0 aliphatic rings. The van der Waals surface area contributed by atoms with E-state index in [1.165, 1.54) is 0 Å². The van der Waals surface area contributed by atoms with Crippen LogP contribution in [0.1, 0.15) is 11.7 Å². The normalized spacial score (nSPS) is 13.6. The van der Waals surface area contributed by atoms with Crippen LogP contribution in [0, 0.1) is 0 Å². The molecule has 0 bridgehead atoms. The van der Waals surface area contributed by atoms with Crippen LogP contribution in [0.25, 0.3) is 5.69 Å². The summed E-state index contributed by atoms with van der Waals surface area (Å²) >= 11 is 0. The molecule has 17 heavy (non-hydrogen) atoms. The molecular weight excluding hydrogens is 233 g/mol. The Morgan fingerprint density at radius 1 is 1.18 bits per heavy atom. The molecule has 1 unspecified atom stereocenters. The topological polar surface area (TPSA) is 56.7 Å². The highest BCUT2D eigenvalue weighted by molar-refractivity contribution is 5.32. The summed E-state index contributed by atoms with van der Waals surface area (Å²) in [5.74, 6) is 0. The maximum Gasteiger partial charge on any atom is 0.409 e. The predicted molar refractivity (Wildman–Crippen MR) is 54.3 cm³/mol. The third kappa shape index (κ3) is 2.28. The molecule has 1 heterocycles. The van der Waals surface area contributed by atoms with Gasteiger partial charge >= 0.3 is 6.18 Å². The smallest absolute Gasteiger partial charge is 0.315 e. The summed E-state index contributed by atoms with van der Waals surface area (Å²) in [4.78, 5) is 0. The molecule has 0 aliphatic heterocycles. The molecule has 90 valence electrons. The van der Waals surface area contributed by atoms with Gasteiger partial charge in [-0.15, -0.1) is 5.10 Å². The van der Waals surface area contributed by atoms with Gasteiger partial charge in [0.1, 0.15) is 6.04 Å². The predicted octanol–water partition coefficient (Wildman–Crippen LogP) is 1.83. The molecule has 0 saturated carbocycles. The van der Waals surface area contributed by atoms with E-state index in [-0.39, 0.29) is 5.69 Å². The van der Waals surface area contributed by atoms with Crippen LogP contribution in [0.4, 0.5) is 13.2 Å². The average molecular weight is 242 g/mol. The Morgan fingerprint density at radius 3 is 2.41 bits per heavy atom. The molecule has 1 atom stereocenters. The highest BCUT2D eigenvalue weighted by Crippen LogP contribution is 2.30. The standard InChI is InChI=1S/C10H9F3N4/c11-10(12,13)9(14)8-6-15-16-17(8)7-4-2-1-3-5-7/h1-6,9H,14H2. The Labute approximate surface area is 94.9 Å². The molecule has 0 fully saturated rings. The number of nitrogens with zero attached hydrogens (tertiary/aromatic N) is 3. The van der Waals surface area contributed by atoms with Crippen molar-refractivity contribution in [1.29, 1.82) is 0 Å². The molecule has 0 spiro atoms. The van der Waals surface area contributed by atoms with Crippen LogP contribution >= 0.6 is 0 Å². The molecule has 1 aromatic carbocycles. The largest absolute Gasteiger partial charge is 0.409 e. The second-order valence-electron chi connectivity index (χ2n) is 3.43.